The van der Waals surface area contributed by atoms with E-state index in [0.717, 1.165) is 6.54 Å². The first-order valence-corrected chi connectivity index (χ1v) is 4.26. The van der Waals surface area contributed by atoms with E-state index in [2.05, 4.69) is 43.1 Å². The summed E-state index contributed by atoms with van der Waals surface area (Å²) in [7, 11) is 0. The maximum atomic E-state index is 4.05. The van der Waals surface area contributed by atoms with Crippen molar-refractivity contribution in [1.82, 2.24) is 5.32 Å². The van der Waals surface area contributed by atoms with Crippen LogP contribution < -0.4 is 5.32 Å². The van der Waals surface area contributed by atoms with Gasteiger partial charge in [0.2, 0.25) is 0 Å². The number of nitrogens with one attached hydrogen (secondary N) is 1. The van der Waals surface area contributed by atoms with Crippen LogP contribution in [-0.4, -0.2) is 12.6 Å². The molecule has 2 rings (SSSR count). The zero-order chi connectivity index (χ0) is 8.55. The second-order valence-electron chi connectivity index (χ2n) is 3.35. The van der Waals surface area contributed by atoms with Crippen LogP contribution in [0.2, 0.25) is 0 Å². The molecule has 1 heterocycles. The minimum Gasteiger partial charge on any atom is -0.307 e. The summed E-state index contributed by atoms with van der Waals surface area (Å²) < 4.78 is 0. The molecular weight excluding hydrogens is 146 g/mol. The maximum Gasteiger partial charge on any atom is 0.0447 e. The van der Waals surface area contributed by atoms with Crippen molar-refractivity contribution in [1.29, 1.82) is 0 Å². The molecule has 0 aromatic heterocycles. The van der Waals surface area contributed by atoms with E-state index in [1.165, 1.54) is 16.7 Å². The summed E-state index contributed by atoms with van der Waals surface area (Å²) >= 11 is 0. The molecule has 1 heteroatoms. The molecule has 1 fully saturated rings. The number of hydrogen-bond acceptors (Lipinski definition) is 1. The van der Waals surface area contributed by atoms with E-state index in [1.54, 1.807) is 0 Å². The average Bonchev–Trinajstić information content (AvgIpc) is 2.87. The van der Waals surface area contributed by atoms with Crippen molar-refractivity contribution in [2.24, 2.45) is 0 Å². The Bertz CT molecular complexity index is 293. The molecule has 1 unspecified atom stereocenters. The number of hydrogen-bond donors (Lipinski definition) is 1. The third-order valence-electron chi connectivity index (χ3n) is 2.25. The van der Waals surface area contributed by atoms with Gasteiger partial charge in [-0.25, -0.2) is 0 Å². The molecule has 1 nitrogen and oxygen atoms in total. The Morgan fingerprint density at radius 3 is 2.50 bits per heavy atom. The Morgan fingerprint density at radius 2 is 2.00 bits per heavy atom. The van der Waals surface area contributed by atoms with Crippen LogP contribution in [0, 0.1) is 6.92 Å². The van der Waals surface area contributed by atoms with Crippen LogP contribution in [0.25, 0.3) is 5.57 Å². The van der Waals surface area contributed by atoms with Gasteiger partial charge in [0, 0.05) is 12.6 Å². The van der Waals surface area contributed by atoms with Gasteiger partial charge in [0.05, 0.1) is 0 Å². The highest BCUT2D eigenvalue weighted by Crippen LogP contribution is 2.21. The van der Waals surface area contributed by atoms with Crippen LogP contribution in [0.3, 0.4) is 0 Å². The number of aryl methyl sites for hydroxylation is 1. The lowest BCUT2D eigenvalue weighted by atomic mass is 10.0. The topological polar surface area (TPSA) is 21.9 Å². The first-order chi connectivity index (χ1) is 5.77. The van der Waals surface area contributed by atoms with Crippen molar-refractivity contribution in [3.63, 3.8) is 0 Å². The van der Waals surface area contributed by atoms with Crippen LogP contribution in [0.1, 0.15) is 11.1 Å². The van der Waals surface area contributed by atoms with Crippen molar-refractivity contribution < 1.29 is 0 Å². The lowest BCUT2D eigenvalue weighted by Crippen LogP contribution is -1.93. The van der Waals surface area contributed by atoms with Gasteiger partial charge in [-0.3, -0.25) is 0 Å². The van der Waals surface area contributed by atoms with Gasteiger partial charge in [-0.1, -0.05) is 36.4 Å². The van der Waals surface area contributed by atoms with Gasteiger partial charge in [-0.15, -0.1) is 0 Å². The lowest BCUT2D eigenvalue weighted by Gasteiger charge is -2.02. The molecule has 1 atom stereocenters. The number of benzene rings is 1. The van der Waals surface area contributed by atoms with Crippen LogP contribution in [0.15, 0.2) is 30.8 Å². The van der Waals surface area contributed by atoms with Crippen LogP contribution in [-0.2, 0) is 0 Å². The Morgan fingerprint density at radius 1 is 1.42 bits per heavy atom. The highest BCUT2D eigenvalue weighted by molar-refractivity contribution is 5.70. The van der Waals surface area contributed by atoms with Gasteiger partial charge in [0.25, 0.3) is 0 Å². The van der Waals surface area contributed by atoms with E-state index in [-0.39, 0.29) is 0 Å². The van der Waals surface area contributed by atoms with Gasteiger partial charge in [-0.2, -0.15) is 0 Å². The highest BCUT2D eigenvalue weighted by atomic mass is 15.1. The van der Waals surface area contributed by atoms with E-state index in [4.69, 9.17) is 0 Å². The largest absolute Gasteiger partial charge is 0.307 e. The maximum absolute atomic E-state index is 4.05. The molecular formula is C11H13N. The molecule has 0 bridgehead atoms. The normalized spacial score (nSPS) is 20.6. The second-order valence-corrected chi connectivity index (χ2v) is 3.35. The van der Waals surface area contributed by atoms with Gasteiger partial charge in [0.1, 0.15) is 0 Å². The highest BCUT2D eigenvalue weighted by Gasteiger charge is 2.23. The minimum atomic E-state index is 0.535. The molecule has 0 aliphatic carbocycles. The molecule has 1 aliphatic heterocycles. The molecule has 1 N–H and O–H groups in total. The van der Waals surface area contributed by atoms with Crippen molar-refractivity contribution in [3.8, 4) is 0 Å². The molecule has 1 aliphatic rings. The predicted octanol–water partition coefficient (Wildman–Crippen LogP) is 1.98. The van der Waals surface area contributed by atoms with Crippen molar-refractivity contribution in [2.45, 2.75) is 13.0 Å². The first kappa shape index (κ1) is 7.56. The Hall–Kier alpha value is -1.08. The third-order valence-corrected chi connectivity index (χ3v) is 2.25. The third kappa shape index (κ3) is 1.41. The summed E-state index contributed by atoms with van der Waals surface area (Å²) in [5, 5.41) is 3.25. The van der Waals surface area contributed by atoms with Gasteiger partial charge < -0.3 is 5.32 Å². The van der Waals surface area contributed by atoms with Gasteiger partial charge >= 0.3 is 0 Å². The fourth-order valence-corrected chi connectivity index (χ4v) is 1.27. The summed E-state index contributed by atoms with van der Waals surface area (Å²) in [5.41, 5.74) is 3.78. The van der Waals surface area contributed by atoms with Crippen molar-refractivity contribution >= 4 is 5.57 Å². The average molecular weight is 159 g/mol. The smallest absolute Gasteiger partial charge is 0.0447 e. The molecule has 0 spiro atoms. The fraction of sp³-hybridized carbons (Fsp3) is 0.273. The molecule has 12 heavy (non-hydrogen) atoms. The SMILES string of the molecule is C=C(c1ccc(C)cc1)C1CN1. The van der Waals surface area contributed by atoms with Crippen LogP contribution in [0.4, 0.5) is 0 Å². The zero-order valence-corrected chi connectivity index (χ0v) is 7.30. The minimum absolute atomic E-state index is 0.535. The van der Waals surface area contributed by atoms with E-state index in [9.17, 15) is 0 Å². The van der Waals surface area contributed by atoms with Crippen LogP contribution >= 0.6 is 0 Å². The molecule has 1 aromatic rings. The quantitative estimate of drug-likeness (QED) is 0.655. The monoisotopic (exact) mass is 159 g/mol. The molecule has 62 valence electrons. The molecule has 1 aromatic carbocycles. The van der Waals surface area contributed by atoms with E-state index >= 15 is 0 Å². The lowest BCUT2D eigenvalue weighted by molar-refractivity contribution is 1.22. The van der Waals surface area contributed by atoms with Gasteiger partial charge in [-0.05, 0) is 18.1 Å². The summed E-state index contributed by atoms with van der Waals surface area (Å²) in [6.45, 7) is 7.24. The summed E-state index contributed by atoms with van der Waals surface area (Å²) in [5.74, 6) is 0. The standard InChI is InChI=1S/C11H13N/c1-8-3-5-10(6-4-8)9(2)11-7-12-11/h3-6,11-12H,2,7H2,1H3. The number of rotatable bonds is 2. The van der Waals surface area contributed by atoms with E-state index in [0.29, 0.717) is 6.04 Å². The Balaban J connectivity index is 2.22. The molecule has 0 amide bonds. The molecule has 0 saturated carbocycles. The zero-order valence-electron chi connectivity index (χ0n) is 7.30. The summed E-state index contributed by atoms with van der Waals surface area (Å²) in [6, 6.07) is 9.06. The fourth-order valence-electron chi connectivity index (χ4n) is 1.27. The van der Waals surface area contributed by atoms with Crippen LogP contribution in [0.5, 0.6) is 0 Å². The second kappa shape index (κ2) is 2.76. The summed E-state index contributed by atoms with van der Waals surface area (Å²) in [4.78, 5) is 0. The summed E-state index contributed by atoms with van der Waals surface area (Å²) in [6.07, 6.45) is 0. The predicted molar refractivity (Wildman–Crippen MR) is 52.0 cm³/mol. The molecule has 0 radical (unpaired) electrons. The van der Waals surface area contributed by atoms with Gasteiger partial charge in [0.15, 0.2) is 0 Å². The van der Waals surface area contributed by atoms with E-state index < -0.39 is 0 Å². The van der Waals surface area contributed by atoms with E-state index in [1.807, 2.05) is 0 Å². The van der Waals surface area contributed by atoms with Crippen molar-refractivity contribution in [2.75, 3.05) is 6.54 Å². The molecule has 1 saturated heterocycles. The Kier molecular flexibility index (Phi) is 1.74. The Labute approximate surface area is 73.1 Å². The first-order valence-electron chi connectivity index (χ1n) is 4.26. The van der Waals surface area contributed by atoms with Crippen molar-refractivity contribution in [3.05, 3.63) is 42.0 Å².